The number of alkyl halides is 3. The molecule has 0 heterocycles. The van der Waals surface area contributed by atoms with Crippen molar-refractivity contribution in [3.05, 3.63) is 0 Å². The van der Waals surface area contributed by atoms with Gasteiger partial charge in [-0.1, -0.05) is 32.5 Å². The van der Waals surface area contributed by atoms with E-state index in [0.717, 1.165) is 0 Å². The molecule has 0 rings (SSSR count). The van der Waals surface area contributed by atoms with Crippen LogP contribution in [-0.4, -0.2) is 16.7 Å². The molecule has 0 N–H and O–H groups in total. The minimum Gasteiger partial charge on any atom is -0.243 e. The Morgan fingerprint density at radius 3 is 1.70 bits per heavy atom. The van der Waals surface area contributed by atoms with Crippen LogP contribution >= 0.6 is 11.8 Å². The molecular weight excluding hydrogens is 161 g/mol. The monoisotopic (exact) mass is 172 g/mol. The molecule has 0 aliphatic heterocycles. The molecule has 0 amide bonds. The van der Waals surface area contributed by atoms with Crippen LogP contribution in [-0.2, 0) is 0 Å². The van der Waals surface area contributed by atoms with Gasteiger partial charge in [-0.15, -0.1) is 0 Å². The number of rotatable bonds is 2. The Balaban J connectivity index is 3.89. The lowest BCUT2D eigenvalue weighted by Crippen LogP contribution is -2.22. The van der Waals surface area contributed by atoms with Crippen LogP contribution in [0.1, 0.15) is 20.8 Å². The van der Waals surface area contributed by atoms with Gasteiger partial charge in [0.05, 0.1) is 0 Å². The first kappa shape index (κ1) is 10.1. The number of halogens is 3. The molecule has 0 aliphatic rings. The van der Waals surface area contributed by atoms with Crippen LogP contribution < -0.4 is 0 Å². The molecule has 0 bridgehead atoms. The van der Waals surface area contributed by atoms with Crippen LogP contribution in [0.25, 0.3) is 0 Å². The highest BCUT2D eigenvalue weighted by Gasteiger charge is 2.35. The summed E-state index contributed by atoms with van der Waals surface area (Å²) in [7, 11) is 0. The summed E-state index contributed by atoms with van der Waals surface area (Å²) >= 11 is 0.351. The number of hydrogen-bond donors (Lipinski definition) is 0. The zero-order valence-electron chi connectivity index (χ0n) is 6.25. The first-order chi connectivity index (χ1) is 4.27. The van der Waals surface area contributed by atoms with Crippen LogP contribution in [0.3, 0.4) is 0 Å². The van der Waals surface area contributed by atoms with Gasteiger partial charge in [-0.25, -0.2) is 4.39 Å². The number of hydrogen-bond acceptors (Lipinski definition) is 1. The Hall–Kier alpha value is 0.140. The summed E-state index contributed by atoms with van der Waals surface area (Å²) < 4.78 is 35.4. The molecule has 0 aromatic rings. The molecule has 4 heteroatoms. The van der Waals surface area contributed by atoms with E-state index >= 15 is 0 Å². The van der Waals surface area contributed by atoms with Crippen LogP contribution in [0, 0.1) is 0 Å². The van der Waals surface area contributed by atoms with Crippen molar-refractivity contribution in [1.29, 1.82) is 0 Å². The average molecular weight is 172 g/mol. The van der Waals surface area contributed by atoms with Crippen molar-refractivity contribution in [1.82, 2.24) is 0 Å². The van der Waals surface area contributed by atoms with E-state index in [1.807, 2.05) is 0 Å². The first-order valence-electron chi connectivity index (χ1n) is 2.91. The van der Waals surface area contributed by atoms with Crippen LogP contribution in [0.15, 0.2) is 0 Å². The van der Waals surface area contributed by atoms with Crippen LogP contribution in [0.5, 0.6) is 0 Å². The Labute approximate surface area is 63.2 Å². The summed E-state index contributed by atoms with van der Waals surface area (Å²) in [6.45, 7) is 3.29. The van der Waals surface area contributed by atoms with Crippen molar-refractivity contribution in [2.45, 2.75) is 30.8 Å². The molecule has 0 fully saturated rings. The predicted octanol–water partition coefficient (Wildman–Crippen LogP) is 3.08. The summed E-state index contributed by atoms with van der Waals surface area (Å²) in [5.74, 6) is 0. The molecule has 62 valence electrons. The predicted molar refractivity (Wildman–Crippen MR) is 38.3 cm³/mol. The Kier molecular flexibility index (Phi) is 3.07. The molecular formula is C6H11F3S. The van der Waals surface area contributed by atoms with Crippen molar-refractivity contribution in [3.63, 3.8) is 0 Å². The highest BCUT2D eigenvalue weighted by atomic mass is 32.2. The summed E-state index contributed by atoms with van der Waals surface area (Å²) in [6, 6.07) is 0. The maximum atomic E-state index is 12.2. The smallest absolute Gasteiger partial charge is 0.243 e. The Bertz CT molecular complexity index is 106. The van der Waals surface area contributed by atoms with Gasteiger partial charge >= 0.3 is 5.25 Å². The van der Waals surface area contributed by atoms with Crippen LogP contribution in [0.4, 0.5) is 13.2 Å². The molecule has 0 atom stereocenters. The SMILES string of the molecule is CC(C)(C)SC(F)(F)CF. The molecule has 0 saturated carbocycles. The van der Waals surface area contributed by atoms with Gasteiger partial charge in [-0.2, -0.15) is 8.78 Å². The fraction of sp³-hybridized carbons (Fsp3) is 1.00. The van der Waals surface area contributed by atoms with E-state index in [4.69, 9.17) is 0 Å². The van der Waals surface area contributed by atoms with Crippen molar-refractivity contribution >= 4 is 11.8 Å². The lowest BCUT2D eigenvalue weighted by molar-refractivity contribution is 0.0728. The molecule has 0 nitrogen and oxygen atoms in total. The Morgan fingerprint density at radius 1 is 1.20 bits per heavy atom. The van der Waals surface area contributed by atoms with Crippen LogP contribution in [0.2, 0.25) is 0 Å². The summed E-state index contributed by atoms with van der Waals surface area (Å²) in [5, 5.41) is -3.22. The molecule has 0 spiro atoms. The van der Waals surface area contributed by atoms with E-state index in [-0.39, 0.29) is 0 Å². The van der Waals surface area contributed by atoms with Gasteiger partial charge in [0.1, 0.15) is 0 Å². The standard InChI is InChI=1S/C6H11F3S/c1-5(2,3)10-6(8,9)4-7/h4H2,1-3H3. The van der Waals surface area contributed by atoms with Gasteiger partial charge in [0.25, 0.3) is 0 Å². The molecule has 10 heavy (non-hydrogen) atoms. The number of thioether (sulfide) groups is 1. The maximum Gasteiger partial charge on any atom is 0.322 e. The molecule has 0 saturated heterocycles. The van der Waals surface area contributed by atoms with Gasteiger partial charge in [0, 0.05) is 4.75 Å². The largest absolute Gasteiger partial charge is 0.322 e. The third kappa shape index (κ3) is 4.97. The second-order valence-corrected chi connectivity index (χ2v) is 5.01. The van der Waals surface area contributed by atoms with E-state index in [1.54, 1.807) is 20.8 Å². The molecule has 0 radical (unpaired) electrons. The minimum atomic E-state index is -3.22. The van der Waals surface area contributed by atoms with Gasteiger partial charge in [0.2, 0.25) is 0 Å². The zero-order valence-corrected chi connectivity index (χ0v) is 7.07. The van der Waals surface area contributed by atoms with Crippen molar-refractivity contribution in [2.75, 3.05) is 6.67 Å². The van der Waals surface area contributed by atoms with Crippen molar-refractivity contribution in [2.24, 2.45) is 0 Å². The van der Waals surface area contributed by atoms with Gasteiger partial charge in [0.15, 0.2) is 6.67 Å². The van der Waals surface area contributed by atoms with E-state index < -0.39 is 16.7 Å². The minimum absolute atomic E-state index is 0.351. The highest BCUT2D eigenvalue weighted by Crippen LogP contribution is 2.38. The summed E-state index contributed by atoms with van der Waals surface area (Å²) in [5.41, 5.74) is 0. The fourth-order valence-electron chi connectivity index (χ4n) is 0.475. The average Bonchev–Trinajstić information content (AvgIpc) is 1.60. The molecule has 0 aromatic carbocycles. The van der Waals surface area contributed by atoms with Crippen molar-refractivity contribution in [3.8, 4) is 0 Å². The normalized spacial score (nSPS) is 13.8. The molecule has 0 unspecified atom stereocenters. The van der Waals surface area contributed by atoms with E-state index in [9.17, 15) is 13.2 Å². The fourth-order valence-corrected chi connectivity index (χ4v) is 1.43. The molecule has 0 aromatic heterocycles. The Morgan fingerprint density at radius 2 is 1.60 bits per heavy atom. The van der Waals surface area contributed by atoms with E-state index in [0.29, 0.717) is 11.8 Å². The second-order valence-electron chi connectivity index (χ2n) is 2.99. The lowest BCUT2D eigenvalue weighted by atomic mass is 10.3. The zero-order chi connectivity index (χ0) is 8.41. The van der Waals surface area contributed by atoms with E-state index in [2.05, 4.69) is 0 Å². The third-order valence-electron chi connectivity index (χ3n) is 0.611. The van der Waals surface area contributed by atoms with E-state index in [1.165, 1.54) is 0 Å². The van der Waals surface area contributed by atoms with Gasteiger partial charge < -0.3 is 0 Å². The lowest BCUT2D eigenvalue weighted by Gasteiger charge is -2.22. The summed E-state index contributed by atoms with van der Waals surface area (Å²) in [4.78, 5) is 0. The highest BCUT2D eigenvalue weighted by molar-refractivity contribution is 8.01. The van der Waals surface area contributed by atoms with Gasteiger partial charge in [-0.05, 0) is 0 Å². The molecule has 0 aliphatic carbocycles. The summed E-state index contributed by atoms with van der Waals surface area (Å²) in [6.07, 6.45) is 0. The first-order valence-corrected chi connectivity index (χ1v) is 3.72. The third-order valence-corrected chi connectivity index (χ3v) is 1.63. The second kappa shape index (κ2) is 3.03. The maximum absolute atomic E-state index is 12.2. The van der Waals surface area contributed by atoms with Crippen molar-refractivity contribution < 1.29 is 13.2 Å². The quantitative estimate of drug-likeness (QED) is 0.616. The topological polar surface area (TPSA) is 0 Å². The van der Waals surface area contributed by atoms with Gasteiger partial charge in [-0.3, -0.25) is 0 Å².